The number of anilines is 1. The summed E-state index contributed by atoms with van der Waals surface area (Å²) in [6, 6.07) is 0. The van der Waals surface area contributed by atoms with Crippen LogP contribution in [0.5, 0.6) is 0 Å². The Morgan fingerprint density at radius 2 is 2.00 bits per heavy atom. The minimum absolute atomic E-state index is 0.218. The Bertz CT molecular complexity index is 492. The zero-order chi connectivity index (χ0) is 16.2. The third-order valence-electron chi connectivity index (χ3n) is 4.77. The first-order valence-corrected chi connectivity index (χ1v) is 8.88. The van der Waals surface area contributed by atoms with E-state index in [9.17, 15) is 4.79 Å². The van der Waals surface area contributed by atoms with Crippen LogP contribution in [0.15, 0.2) is 0 Å². The van der Waals surface area contributed by atoms with Crippen LogP contribution in [0, 0.1) is 12.3 Å². The predicted molar refractivity (Wildman–Crippen MR) is 90.1 cm³/mol. The number of nitrogens with zero attached hydrogens (tertiary/aromatic N) is 4. The smallest absolute Gasteiger partial charge is 0.230 e. The van der Waals surface area contributed by atoms with Crippen molar-refractivity contribution in [3.8, 4) is 0 Å². The molecule has 1 fully saturated rings. The van der Waals surface area contributed by atoms with Crippen molar-refractivity contribution in [1.82, 2.24) is 14.3 Å². The van der Waals surface area contributed by atoms with Crippen LogP contribution in [0.25, 0.3) is 0 Å². The number of rotatable bonds is 5. The number of nitrogens with two attached hydrogens (primary N) is 1. The third kappa shape index (κ3) is 3.41. The van der Waals surface area contributed by atoms with Gasteiger partial charge >= 0.3 is 0 Å². The van der Waals surface area contributed by atoms with E-state index in [4.69, 9.17) is 5.73 Å². The zero-order valence-corrected chi connectivity index (χ0v) is 14.7. The number of carbonyl (C=O) groups excluding carboxylic acids is 1. The molecule has 0 atom stereocenters. The molecule has 7 heteroatoms. The Labute approximate surface area is 136 Å². The fourth-order valence-electron chi connectivity index (χ4n) is 2.99. The molecule has 6 nitrogen and oxygen atoms in total. The Hall–Kier alpha value is -1.21. The molecule has 0 aliphatic carbocycles. The average Bonchev–Trinajstić information content (AvgIpc) is 2.83. The van der Waals surface area contributed by atoms with E-state index in [1.807, 2.05) is 11.8 Å². The summed E-state index contributed by atoms with van der Waals surface area (Å²) in [7, 11) is 0. The SMILES string of the molecule is CCC(CC)(CN)C(=O)N1CCCN(c2nc(C)ns2)CC1. The molecule has 1 saturated heterocycles. The van der Waals surface area contributed by atoms with Crippen molar-refractivity contribution >= 4 is 22.6 Å². The highest BCUT2D eigenvalue weighted by molar-refractivity contribution is 7.09. The fourth-order valence-corrected chi connectivity index (χ4v) is 3.72. The van der Waals surface area contributed by atoms with Gasteiger partial charge in [-0.15, -0.1) is 0 Å². The molecule has 0 aromatic carbocycles. The molecule has 0 spiro atoms. The maximum Gasteiger partial charge on any atom is 0.230 e. The molecule has 1 aromatic heterocycles. The Morgan fingerprint density at radius 1 is 1.27 bits per heavy atom. The molecule has 124 valence electrons. The van der Waals surface area contributed by atoms with Crippen LogP contribution in [-0.4, -0.2) is 52.9 Å². The lowest BCUT2D eigenvalue weighted by molar-refractivity contribution is -0.142. The summed E-state index contributed by atoms with van der Waals surface area (Å²) >= 11 is 1.44. The van der Waals surface area contributed by atoms with Gasteiger partial charge in [0, 0.05) is 44.3 Å². The van der Waals surface area contributed by atoms with Gasteiger partial charge in [-0.2, -0.15) is 4.37 Å². The normalized spacial score (nSPS) is 16.7. The van der Waals surface area contributed by atoms with Gasteiger partial charge in [-0.05, 0) is 26.2 Å². The monoisotopic (exact) mass is 325 g/mol. The first-order valence-electron chi connectivity index (χ1n) is 8.11. The zero-order valence-electron chi connectivity index (χ0n) is 13.8. The molecule has 2 rings (SSSR count). The molecule has 1 aromatic rings. The van der Waals surface area contributed by atoms with Gasteiger partial charge in [0.05, 0.1) is 5.41 Å². The molecule has 22 heavy (non-hydrogen) atoms. The fraction of sp³-hybridized carbons (Fsp3) is 0.800. The molecule has 0 saturated carbocycles. The molecule has 1 amide bonds. The summed E-state index contributed by atoms with van der Waals surface area (Å²) in [6.07, 6.45) is 2.56. The number of amides is 1. The van der Waals surface area contributed by atoms with Crippen molar-refractivity contribution < 1.29 is 4.79 Å². The van der Waals surface area contributed by atoms with E-state index < -0.39 is 5.41 Å². The second kappa shape index (κ2) is 7.37. The maximum atomic E-state index is 12.9. The number of hydrogen-bond acceptors (Lipinski definition) is 6. The van der Waals surface area contributed by atoms with Crippen LogP contribution in [0.2, 0.25) is 0 Å². The van der Waals surface area contributed by atoms with Gasteiger partial charge in [-0.3, -0.25) is 4.79 Å². The summed E-state index contributed by atoms with van der Waals surface area (Å²) in [6.45, 7) is 9.72. The Balaban J connectivity index is 2.05. The van der Waals surface area contributed by atoms with Gasteiger partial charge in [0.15, 0.2) is 0 Å². The first-order chi connectivity index (χ1) is 10.6. The van der Waals surface area contributed by atoms with E-state index in [-0.39, 0.29) is 5.91 Å². The molecule has 1 aliphatic heterocycles. The van der Waals surface area contributed by atoms with Gasteiger partial charge in [-0.1, -0.05) is 13.8 Å². The van der Waals surface area contributed by atoms with E-state index in [0.717, 1.165) is 56.4 Å². The highest BCUT2D eigenvalue weighted by Crippen LogP contribution is 2.28. The molecular weight excluding hydrogens is 298 g/mol. The minimum Gasteiger partial charge on any atom is -0.345 e. The van der Waals surface area contributed by atoms with Crippen LogP contribution in [0.4, 0.5) is 5.13 Å². The van der Waals surface area contributed by atoms with Crippen molar-refractivity contribution in [2.45, 2.75) is 40.0 Å². The van der Waals surface area contributed by atoms with Crippen LogP contribution in [-0.2, 0) is 4.79 Å². The minimum atomic E-state index is -0.394. The van der Waals surface area contributed by atoms with Crippen LogP contribution < -0.4 is 10.6 Å². The van der Waals surface area contributed by atoms with Crippen molar-refractivity contribution in [2.24, 2.45) is 11.1 Å². The Kier molecular flexibility index (Phi) is 5.74. The van der Waals surface area contributed by atoms with E-state index in [1.54, 1.807) is 0 Å². The van der Waals surface area contributed by atoms with Crippen molar-refractivity contribution in [2.75, 3.05) is 37.6 Å². The Morgan fingerprint density at radius 3 is 2.55 bits per heavy atom. The second-order valence-electron chi connectivity index (χ2n) is 5.95. The van der Waals surface area contributed by atoms with Gasteiger partial charge in [-0.25, -0.2) is 4.98 Å². The van der Waals surface area contributed by atoms with E-state index in [2.05, 4.69) is 28.1 Å². The predicted octanol–water partition coefficient (Wildman–Crippen LogP) is 1.65. The quantitative estimate of drug-likeness (QED) is 0.891. The number of hydrogen-bond donors (Lipinski definition) is 1. The summed E-state index contributed by atoms with van der Waals surface area (Å²) in [5.74, 6) is 1.03. The van der Waals surface area contributed by atoms with E-state index >= 15 is 0 Å². The second-order valence-corrected chi connectivity index (χ2v) is 6.68. The third-order valence-corrected chi connectivity index (χ3v) is 5.64. The van der Waals surface area contributed by atoms with Crippen molar-refractivity contribution in [3.63, 3.8) is 0 Å². The molecule has 2 heterocycles. The maximum absolute atomic E-state index is 12.9. The summed E-state index contributed by atoms with van der Waals surface area (Å²) in [5, 5.41) is 0.961. The van der Waals surface area contributed by atoms with Gasteiger partial charge in [0.25, 0.3) is 0 Å². The lowest BCUT2D eigenvalue weighted by Gasteiger charge is -2.34. The molecule has 0 bridgehead atoms. The average molecular weight is 325 g/mol. The lowest BCUT2D eigenvalue weighted by atomic mass is 9.81. The molecule has 2 N–H and O–H groups in total. The topological polar surface area (TPSA) is 75.4 Å². The molecular formula is C15H27N5OS. The van der Waals surface area contributed by atoms with Crippen molar-refractivity contribution in [3.05, 3.63) is 5.82 Å². The van der Waals surface area contributed by atoms with Crippen LogP contribution >= 0.6 is 11.5 Å². The van der Waals surface area contributed by atoms with Gasteiger partial charge < -0.3 is 15.5 Å². The summed E-state index contributed by atoms with van der Waals surface area (Å²) in [4.78, 5) is 21.6. The summed E-state index contributed by atoms with van der Waals surface area (Å²) in [5.41, 5.74) is 5.53. The van der Waals surface area contributed by atoms with Crippen LogP contribution in [0.1, 0.15) is 38.9 Å². The number of aromatic nitrogens is 2. The standard InChI is InChI=1S/C15H27N5OS/c1-4-15(5-2,11-16)13(21)19-7-6-8-20(10-9-19)14-17-12(3)18-22-14/h4-11,16H2,1-3H3. The first kappa shape index (κ1) is 17.1. The molecule has 0 radical (unpaired) electrons. The highest BCUT2D eigenvalue weighted by atomic mass is 32.1. The largest absolute Gasteiger partial charge is 0.345 e. The lowest BCUT2D eigenvalue weighted by Crippen LogP contribution is -2.48. The number of aryl methyl sites for hydroxylation is 1. The van der Waals surface area contributed by atoms with E-state index in [0.29, 0.717) is 6.54 Å². The molecule has 1 aliphatic rings. The van der Waals surface area contributed by atoms with E-state index in [1.165, 1.54) is 11.5 Å². The highest BCUT2D eigenvalue weighted by Gasteiger charge is 2.37. The van der Waals surface area contributed by atoms with Gasteiger partial charge in [0.1, 0.15) is 5.82 Å². The van der Waals surface area contributed by atoms with Gasteiger partial charge in [0.2, 0.25) is 11.0 Å². The van der Waals surface area contributed by atoms with Crippen molar-refractivity contribution in [1.29, 1.82) is 0 Å². The number of carbonyl (C=O) groups is 1. The molecule has 0 unspecified atom stereocenters. The van der Waals surface area contributed by atoms with Crippen LogP contribution in [0.3, 0.4) is 0 Å². The summed E-state index contributed by atoms with van der Waals surface area (Å²) < 4.78 is 4.25.